The van der Waals surface area contributed by atoms with Crippen molar-refractivity contribution in [1.29, 1.82) is 0 Å². The van der Waals surface area contributed by atoms with Crippen LogP contribution in [0, 0.1) is 5.92 Å². The van der Waals surface area contributed by atoms with Crippen molar-refractivity contribution < 1.29 is 9.90 Å². The first-order valence-corrected chi connectivity index (χ1v) is 10.3. The molecule has 8 nitrogen and oxygen atoms in total. The third-order valence-corrected chi connectivity index (χ3v) is 6.28. The summed E-state index contributed by atoms with van der Waals surface area (Å²) in [7, 11) is 2.01. The summed E-state index contributed by atoms with van der Waals surface area (Å²) < 4.78 is 1.59. The van der Waals surface area contributed by atoms with Crippen LogP contribution in [0.3, 0.4) is 0 Å². The predicted octanol–water partition coefficient (Wildman–Crippen LogP) is 1.55. The van der Waals surface area contributed by atoms with E-state index in [0.29, 0.717) is 31.5 Å². The molecule has 27 heavy (non-hydrogen) atoms. The summed E-state index contributed by atoms with van der Waals surface area (Å²) in [6.07, 6.45) is 1.19. The lowest BCUT2D eigenvalue weighted by Gasteiger charge is -2.34. The lowest BCUT2D eigenvalue weighted by atomic mass is 9.90. The summed E-state index contributed by atoms with van der Waals surface area (Å²) in [5, 5.41) is 24.3. The molecule has 0 bridgehead atoms. The van der Waals surface area contributed by atoms with Crippen molar-refractivity contribution in [3.8, 4) is 0 Å². The van der Waals surface area contributed by atoms with E-state index in [1.54, 1.807) is 16.0 Å². The Hall–Kier alpha value is -1.84. The Morgan fingerprint density at radius 2 is 2.15 bits per heavy atom. The van der Waals surface area contributed by atoms with Crippen LogP contribution >= 0.6 is 11.3 Å². The van der Waals surface area contributed by atoms with Crippen LogP contribution in [0.15, 0.2) is 17.5 Å². The zero-order valence-corrected chi connectivity index (χ0v) is 17.0. The molecule has 1 amide bonds. The summed E-state index contributed by atoms with van der Waals surface area (Å²) in [5.74, 6) is 0.929. The van der Waals surface area contributed by atoms with Gasteiger partial charge in [0.25, 0.3) is 0 Å². The number of hydrogen-bond donors (Lipinski definition) is 1. The molecule has 1 N–H and O–H groups in total. The van der Waals surface area contributed by atoms with Crippen LogP contribution in [-0.4, -0.2) is 67.2 Å². The van der Waals surface area contributed by atoms with Crippen molar-refractivity contribution in [2.24, 2.45) is 5.92 Å². The van der Waals surface area contributed by atoms with E-state index in [1.807, 2.05) is 29.5 Å². The van der Waals surface area contributed by atoms with E-state index in [9.17, 15) is 9.90 Å². The van der Waals surface area contributed by atoms with E-state index in [2.05, 4.69) is 34.3 Å². The van der Waals surface area contributed by atoms with Crippen LogP contribution in [0.5, 0.6) is 0 Å². The molecule has 3 heterocycles. The summed E-state index contributed by atoms with van der Waals surface area (Å²) in [6.45, 7) is 6.30. The maximum atomic E-state index is 12.7. The minimum atomic E-state index is -0.431. The summed E-state index contributed by atoms with van der Waals surface area (Å²) in [5.41, 5.74) is 0. The first-order chi connectivity index (χ1) is 13.0. The van der Waals surface area contributed by atoms with Crippen LogP contribution in [0.4, 0.5) is 0 Å². The van der Waals surface area contributed by atoms with Gasteiger partial charge >= 0.3 is 0 Å². The van der Waals surface area contributed by atoms with Crippen LogP contribution in [0.1, 0.15) is 43.5 Å². The van der Waals surface area contributed by atoms with Gasteiger partial charge in [-0.3, -0.25) is 9.69 Å². The van der Waals surface area contributed by atoms with Gasteiger partial charge in [-0.2, -0.15) is 0 Å². The van der Waals surface area contributed by atoms with E-state index < -0.39 is 6.10 Å². The average molecular weight is 393 g/mol. The number of piperidine rings is 1. The van der Waals surface area contributed by atoms with Gasteiger partial charge in [-0.1, -0.05) is 6.07 Å². The van der Waals surface area contributed by atoms with Crippen molar-refractivity contribution in [2.45, 2.75) is 51.9 Å². The number of rotatable bonds is 7. The normalized spacial score (nSPS) is 17.0. The standard InChI is InChI=1S/C18H28N6O2S/c1-13(2)22(3)11-16-19-20-21-24(16)12-17(25)23-8-6-14(7-9-23)18(26)15-5-4-10-27-15/h4-5,10,13-14,18,26H,6-9,11-12H2,1-3H3/t18-/m0/s1. The van der Waals surface area contributed by atoms with Crippen molar-refractivity contribution in [1.82, 2.24) is 30.0 Å². The SMILES string of the molecule is CC(C)N(C)Cc1nnnn1CC(=O)N1CCC([C@H](O)c2cccs2)CC1. The Balaban J connectivity index is 1.52. The number of carbonyl (C=O) groups is 1. The fourth-order valence-electron chi connectivity index (χ4n) is 3.25. The molecule has 148 valence electrons. The zero-order chi connectivity index (χ0) is 19.4. The fourth-order valence-corrected chi connectivity index (χ4v) is 4.05. The first kappa shape index (κ1) is 19.9. The minimum Gasteiger partial charge on any atom is -0.387 e. The average Bonchev–Trinajstić information content (AvgIpc) is 3.33. The van der Waals surface area contributed by atoms with Crippen LogP contribution in [-0.2, 0) is 17.9 Å². The van der Waals surface area contributed by atoms with Gasteiger partial charge < -0.3 is 10.0 Å². The van der Waals surface area contributed by atoms with Gasteiger partial charge in [-0.05, 0) is 61.5 Å². The maximum Gasteiger partial charge on any atom is 0.244 e. The lowest BCUT2D eigenvalue weighted by Crippen LogP contribution is -2.41. The van der Waals surface area contributed by atoms with Gasteiger partial charge in [0.05, 0.1) is 12.6 Å². The number of hydrogen-bond acceptors (Lipinski definition) is 7. The number of aliphatic hydroxyl groups is 1. The van der Waals surface area contributed by atoms with Gasteiger partial charge in [0.15, 0.2) is 5.82 Å². The number of tetrazole rings is 1. The van der Waals surface area contributed by atoms with Crippen molar-refractivity contribution >= 4 is 17.2 Å². The molecule has 0 unspecified atom stereocenters. The van der Waals surface area contributed by atoms with E-state index in [0.717, 1.165) is 17.7 Å². The maximum absolute atomic E-state index is 12.7. The van der Waals surface area contributed by atoms with E-state index >= 15 is 0 Å². The van der Waals surface area contributed by atoms with Gasteiger partial charge in [0.1, 0.15) is 6.54 Å². The molecule has 0 saturated carbocycles. The highest BCUT2D eigenvalue weighted by Crippen LogP contribution is 2.32. The topological polar surface area (TPSA) is 87.4 Å². The molecule has 1 saturated heterocycles. The number of likely N-dealkylation sites (tertiary alicyclic amines) is 1. The second kappa shape index (κ2) is 8.90. The second-order valence-corrected chi connectivity index (χ2v) is 8.42. The molecule has 1 fully saturated rings. The third-order valence-electron chi connectivity index (χ3n) is 5.34. The highest BCUT2D eigenvalue weighted by molar-refractivity contribution is 7.10. The van der Waals surface area contributed by atoms with E-state index in [4.69, 9.17) is 0 Å². The molecule has 0 radical (unpaired) electrons. The number of aromatic nitrogens is 4. The monoisotopic (exact) mass is 392 g/mol. The van der Waals surface area contributed by atoms with Crippen LogP contribution in [0.2, 0.25) is 0 Å². The molecular formula is C18H28N6O2S. The number of aliphatic hydroxyl groups excluding tert-OH is 1. The number of amides is 1. The largest absolute Gasteiger partial charge is 0.387 e. The molecule has 9 heteroatoms. The number of thiophene rings is 1. The molecular weight excluding hydrogens is 364 g/mol. The van der Waals surface area contributed by atoms with Crippen molar-refractivity contribution in [3.63, 3.8) is 0 Å². The van der Waals surface area contributed by atoms with E-state index in [-0.39, 0.29) is 18.4 Å². The molecule has 1 aliphatic heterocycles. The molecule has 1 atom stereocenters. The van der Waals surface area contributed by atoms with Gasteiger partial charge in [-0.15, -0.1) is 16.4 Å². The summed E-state index contributed by atoms with van der Waals surface area (Å²) in [6, 6.07) is 4.31. The fraction of sp³-hybridized carbons (Fsp3) is 0.667. The highest BCUT2D eigenvalue weighted by atomic mass is 32.1. The Labute approximate surface area is 163 Å². The molecule has 1 aliphatic rings. The summed E-state index contributed by atoms with van der Waals surface area (Å²) >= 11 is 1.58. The molecule has 0 aliphatic carbocycles. The van der Waals surface area contributed by atoms with Crippen LogP contribution in [0.25, 0.3) is 0 Å². The molecule has 3 rings (SSSR count). The number of nitrogens with zero attached hydrogens (tertiary/aromatic N) is 6. The van der Waals surface area contributed by atoms with Gasteiger partial charge in [-0.25, -0.2) is 4.68 Å². The Bertz CT molecular complexity index is 724. The van der Waals surface area contributed by atoms with Crippen molar-refractivity contribution in [2.75, 3.05) is 20.1 Å². The third kappa shape index (κ3) is 4.91. The summed E-state index contributed by atoms with van der Waals surface area (Å²) in [4.78, 5) is 17.7. The molecule has 2 aromatic heterocycles. The van der Waals surface area contributed by atoms with Crippen molar-refractivity contribution in [3.05, 3.63) is 28.2 Å². The zero-order valence-electron chi connectivity index (χ0n) is 16.2. The lowest BCUT2D eigenvalue weighted by molar-refractivity contribution is -0.134. The van der Waals surface area contributed by atoms with Crippen LogP contribution < -0.4 is 0 Å². The quantitative estimate of drug-likeness (QED) is 0.769. The Kier molecular flexibility index (Phi) is 6.56. The Morgan fingerprint density at radius 1 is 1.41 bits per heavy atom. The predicted molar refractivity (Wildman–Crippen MR) is 103 cm³/mol. The minimum absolute atomic E-state index is 0.0276. The van der Waals surface area contributed by atoms with E-state index in [1.165, 1.54) is 0 Å². The first-order valence-electron chi connectivity index (χ1n) is 9.40. The molecule has 0 aromatic carbocycles. The second-order valence-electron chi connectivity index (χ2n) is 7.44. The Morgan fingerprint density at radius 3 is 2.78 bits per heavy atom. The smallest absolute Gasteiger partial charge is 0.244 e. The molecule has 2 aromatic rings. The van der Waals surface area contributed by atoms with Gasteiger partial charge in [0.2, 0.25) is 5.91 Å². The highest BCUT2D eigenvalue weighted by Gasteiger charge is 2.29. The van der Waals surface area contributed by atoms with Gasteiger partial charge in [0, 0.05) is 24.0 Å². The molecule has 0 spiro atoms. The number of carbonyl (C=O) groups excluding carboxylic acids is 1.